The topological polar surface area (TPSA) is 103 Å². The Balaban J connectivity index is 1.35. The fourth-order valence-electron chi connectivity index (χ4n) is 4.45. The molecule has 0 bridgehead atoms. The van der Waals surface area contributed by atoms with Crippen molar-refractivity contribution in [3.63, 3.8) is 0 Å². The minimum atomic E-state index is -0.661. The molecule has 0 radical (unpaired) electrons. The molecule has 1 fully saturated rings. The van der Waals surface area contributed by atoms with Gasteiger partial charge in [0.05, 0.1) is 29.3 Å². The van der Waals surface area contributed by atoms with Crippen molar-refractivity contribution in [2.24, 2.45) is 0 Å². The molecule has 0 aliphatic carbocycles. The van der Waals surface area contributed by atoms with Crippen LogP contribution in [0.2, 0.25) is 0 Å². The molecule has 3 heterocycles. The number of esters is 1. The van der Waals surface area contributed by atoms with Crippen LogP contribution in [0.1, 0.15) is 60.6 Å². The van der Waals surface area contributed by atoms with Crippen molar-refractivity contribution in [2.75, 3.05) is 13.2 Å². The molecule has 8 heteroatoms. The van der Waals surface area contributed by atoms with E-state index >= 15 is 0 Å². The van der Waals surface area contributed by atoms with Gasteiger partial charge in [0.2, 0.25) is 0 Å². The summed E-state index contributed by atoms with van der Waals surface area (Å²) >= 11 is 0. The highest BCUT2D eigenvalue weighted by Gasteiger charge is 2.38. The number of carbonyl (C=O) groups excluding carboxylic acids is 3. The maximum atomic E-state index is 12.8. The fraction of sp³-hybridized carbons (Fsp3) is 0.308. The zero-order chi connectivity index (χ0) is 24.0. The number of amides is 2. The van der Waals surface area contributed by atoms with Gasteiger partial charge in [-0.15, -0.1) is 0 Å². The number of aryl methyl sites for hydroxylation is 2. The molecule has 5 rings (SSSR count). The van der Waals surface area contributed by atoms with E-state index in [1.54, 1.807) is 0 Å². The first kappa shape index (κ1) is 22.0. The first-order valence-corrected chi connectivity index (χ1v) is 11.2. The van der Waals surface area contributed by atoms with Gasteiger partial charge < -0.3 is 13.9 Å². The van der Waals surface area contributed by atoms with Crippen LogP contribution in [0.5, 0.6) is 0 Å². The molecule has 2 aliphatic heterocycles. The molecule has 8 nitrogen and oxygen atoms in total. The molecule has 1 saturated heterocycles. The Labute approximate surface area is 195 Å². The number of fused-ring (bicyclic) bond motifs is 2. The zero-order valence-electron chi connectivity index (χ0n) is 18.9. The van der Waals surface area contributed by atoms with Gasteiger partial charge in [0.1, 0.15) is 12.2 Å². The Morgan fingerprint density at radius 3 is 2.62 bits per heavy atom. The van der Waals surface area contributed by atoms with E-state index in [1.807, 2.05) is 26.0 Å². The lowest BCUT2D eigenvalue weighted by molar-refractivity contribution is 0.0470. The molecular weight excluding hydrogens is 438 g/mol. The number of carbonyl (C=O) groups is 3. The lowest BCUT2D eigenvalue weighted by atomic mass is 10.0. The lowest BCUT2D eigenvalue weighted by Gasteiger charge is -2.17. The third-order valence-corrected chi connectivity index (χ3v) is 6.49. The number of benzene rings is 2. The van der Waals surface area contributed by atoms with E-state index in [4.69, 9.17) is 13.9 Å². The van der Waals surface area contributed by atoms with Crippen molar-refractivity contribution in [1.82, 2.24) is 4.90 Å². The largest absolute Gasteiger partial charge is 0.457 e. The van der Waals surface area contributed by atoms with Crippen LogP contribution >= 0.6 is 0 Å². The highest BCUT2D eigenvalue weighted by Crippen LogP contribution is 2.27. The van der Waals surface area contributed by atoms with Crippen LogP contribution in [0.4, 0.5) is 0 Å². The summed E-state index contributed by atoms with van der Waals surface area (Å²) in [6.45, 7) is 4.47. The molecule has 0 spiro atoms. The summed E-state index contributed by atoms with van der Waals surface area (Å²) in [5.74, 6) is -1.49. The number of nitrogens with zero attached hydrogens (tertiary/aromatic N) is 1. The zero-order valence-corrected chi connectivity index (χ0v) is 18.9. The summed E-state index contributed by atoms with van der Waals surface area (Å²) in [5.41, 5.74) is 2.88. The van der Waals surface area contributed by atoms with E-state index in [0.29, 0.717) is 23.1 Å². The highest BCUT2D eigenvalue weighted by atomic mass is 16.5. The number of ether oxygens (including phenoxy) is 2. The van der Waals surface area contributed by atoms with Crippen LogP contribution in [0, 0.1) is 13.8 Å². The fourth-order valence-corrected chi connectivity index (χ4v) is 4.45. The normalized spacial score (nSPS) is 17.5. The molecule has 2 aliphatic rings. The summed E-state index contributed by atoms with van der Waals surface area (Å²) in [6.07, 6.45) is 1.55. The predicted octanol–water partition coefficient (Wildman–Crippen LogP) is 3.54. The van der Waals surface area contributed by atoms with Gasteiger partial charge in [-0.3, -0.25) is 14.5 Å². The summed E-state index contributed by atoms with van der Waals surface area (Å²) in [4.78, 5) is 51.5. The molecule has 0 unspecified atom stereocenters. The van der Waals surface area contributed by atoms with E-state index in [1.165, 1.54) is 29.2 Å². The number of hydrogen-bond donors (Lipinski definition) is 0. The van der Waals surface area contributed by atoms with Crippen LogP contribution in [-0.2, 0) is 16.1 Å². The average Bonchev–Trinajstić information content (AvgIpc) is 3.42. The predicted molar refractivity (Wildman–Crippen MR) is 122 cm³/mol. The van der Waals surface area contributed by atoms with Gasteiger partial charge >= 0.3 is 11.6 Å². The third kappa shape index (κ3) is 3.80. The second kappa shape index (κ2) is 8.53. The maximum Gasteiger partial charge on any atom is 0.338 e. The van der Waals surface area contributed by atoms with Gasteiger partial charge in [-0.1, -0.05) is 12.1 Å². The number of imide groups is 1. The smallest absolute Gasteiger partial charge is 0.338 e. The first-order chi connectivity index (χ1) is 16.3. The van der Waals surface area contributed by atoms with Crippen molar-refractivity contribution in [2.45, 2.75) is 39.4 Å². The number of rotatable bonds is 5. The third-order valence-electron chi connectivity index (χ3n) is 6.49. The van der Waals surface area contributed by atoms with Crippen molar-refractivity contribution in [1.29, 1.82) is 0 Å². The summed E-state index contributed by atoms with van der Waals surface area (Å²) in [6, 6.07) is 9.37. The van der Waals surface area contributed by atoms with E-state index in [9.17, 15) is 19.2 Å². The minimum absolute atomic E-state index is 0.140. The monoisotopic (exact) mass is 461 g/mol. The molecule has 3 aromatic rings. The molecule has 34 heavy (non-hydrogen) atoms. The van der Waals surface area contributed by atoms with Gasteiger partial charge in [-0.05, 0) is 56.0 Å². The Morgan fingerprint density at radius 2 is 1.85 bits per heavy atom. The Bertz CT molecular complexity index is 1400. The summed E-state index contributed by atoms with van der Waals surface area (Å²) < 4.78 is 16.4. The van der Waals surface area contributed by atoms with Gasteiger partial charge in [-0.2, -0.15) is 0 Å². The van der Waals surface area contributed by atoms with Gasteiger partial charge in [0.25, 0.3) is 11.8 Å². The average molecular weight is 461 g/mol. The molecule has 174 valence electrons. The van der Waals surface area contributed by atoms with E-state index in [-0.39, 0.29) is 41.9 Å². The summed E-state index contributed by atoms with van der Waals surface area (Å²) in [5, 5.41) is 0.690. The van der Waals surface area contributed by atoms with Crippen molar-refractivity contribution >= 4 is 28.8 Å². The molecular formula is C26H23NO7. The molecule has 2 amide bonds. The molecule has 1 aromatic heterocycles. The van der Waals surface area contributed by atoms with Gasteiger partial charge in [0, 0.05) is 23.6 Å². The highest BCUT2D eigenvalue weighted by molar-refractivity contribution is 6.22. The molecule has 0 N–H and O–H groups in total. The minimum Gasteiger partial charge on any atom is -0.457 e. The van der Waals surface area contributed by atoms with Crippen LogP contribution in [0.25, 0.3) is 11.0 Å². The van der Waals surface area contributed by atoms with Crippen molar-refractivity contribution < 1.29 is 28.3 Å². The van der Waals surface area contributed by atoms with E-state index < -0.39 is 17.5 Å². The Morgan fingerprint density at radius 1 is 1.06 bits per heavy atom. The Kier molecular flexibility index (Phi) is 5.53. The van der Waals surface area contributed by atoms with Crippen LogP contribution < -0.4 is 5.63 Å². The van der Waals surface area contributed by atoms with Crippen LogP contribution in [-0.4, -0.2) is 41.9 Å². The second-order valence-corrected chi connectivity index (χ2v) is 8.67. The van der Waals surface area contributed by atoms with Crippen molar-refractivity contribution in [3.8, 4) is 0 Å². The standard InChI is InChI=1S/C26H23NO7/c1-14-5-7-19-17(11-22(28)34-23(19)15(14)2)13-33-26(31)16-6-8-20-21(10-16)25(30)27(24(20)29)12-18-4-3-9-32-18/h5-8,10-11,18H,3-4,9,12-13H2,1-2H3/t18-/m0/s1. The van der Waals surface area contributed by atoms with Gasteiger partial charge in [-0.25, -0.2) is 9.59 Å². The van der Waals surface area contributed by atoms with Gasteiger partial charge in [0.15, 0.2) is 0 Å². The van der Waals surface area contributed by atoms with E-state index in [2.05, 4.69) is 0 Å². The van der Waals surface area contributed by atoms with Crippen LogP contribution in [0.3, 0.4) is 0 Å². The quantitative estimate of drug-likeness (QED) is 0.325. The maximum absolute atomic E-state index is 12.8. The van der Waals surface area contributed by atoms with E-state index in [0.717, 1.165) is 24.0 Å². The molecule has 0 saturated carbocycles. The second-order valence-electron chi connectivity index (χ2n) is 8.67. The molecule has 2 aromatic carbocycles. The first-order valence-electron chi connectivity index (χ1n) is 11.2. The Hall–Kier alpha value is -3.78. The number of hydrogen-bond acceptors (Lipinski definition) is 7. The molecule has 1 atom stereocenters. The lowest BCUT2D eigenvalue weighted by Crippen LogP contribution is -2.36. The van der Waals surface area contributed by atoms with Crippen molar-refractivity contribution in [3.05, 3.63) is 80.2 Å². The summed E-state index contributed by atoms with van der Waals surface area (Å²) in [7, 11) is 0. The SMILES string of the molecule is Cc1ccc2c(COC(=O)c3ccc4c(c3)C(=O)N(C[C@@H]3CCCO3)C4=O)cc(=O)oc2c1C. The van der Waals surface area contributed by atoms with Crippen LogP contribution in [0.15, 0.2) is 45.6 Å².